The molecule has 0 aliphatic carbocycles. The predicted molar refractivity (Wildman–Crippen MR) is 131 cm³/mol. The molecule has 0 bridgehead atoms. The highest BCUT2D eigenvalue weighted by molar-refractivity contribution is 6.31. The molecule has 162 valence electrons. The second kappa shape index (κ2) is 10.9. The number of allylic oxidation sites excluding steroid dienone is 1. The summed E-state index contributed by atoms with van der Waals surface area (Å²) in [7, 11) is 0. The first kappa shape index (κ1) is 22.8. The highest BCUT2D eigenvalue weighted by Gasteiger charge is 2.14. The Bertz CT molecular complexity index is 1030. The van der Waals surface area contributed by atoms with Gasteiger partial charge in [-0.15, -0.1) is 6.58 Å². The third kappa shape index (κ3) is 6.28. The van der Waals surface area contributed by atoms with Gasteiger partial charge in [-0.1, -0.05) is 53.6 Å². The van der Waals surface area contributed by atoms with Gasteiger partial charge in [0.2, 0.25) is 0 Å². The molecule has 0 saturated heterocycles. The highest BCUT2D eigenvalue weighted by atomic mass is 35.5. The van der Waals surface area contributed by atoms with Gasteiger partial charge in [-0.2, -0.15) is 0 Å². The minimum atomic E-state index is 0.490. The molecule has 0 atom stereocenters. The topological polar surface area (TPSA) is 30.5 Å². The Morgan fingerprint density at radius 1 is 0.968 bits per heavy atom. The number of benzene rings is 3. The van der Waals surface area contributed by atoms with Crippen LogP contribution in [-0.2, 0) is 19.6 Å². The van der Waals surface area contributed by atoms with Crippen LogP contribution in [0.5, 0.6) is 11.5 Å². The molecule has 0 aromatic heterocycles. The molecule has 3 aromatic carbocycles. The van der Waals surface area contributed by atoms with Gasteiger partial charge >= 0.3 is 0 Å². The zero-order valence-electron chi connectivity index (χ0n) is 18.5. The summed E-state index contributed by atoms with van der Waals surface area (Å²) in [5.41, 5.74) is 6.58. The van der Waals surface area contributed by atoms with Gasteiger partial charge in [-0.25, -0.2) is 0 Å². The summed E-state index contributed by atoms with van der Waals surface area (Å²) in [6.07, 6.45) is 2.59. The first-order valence-corrected chi connectivity index (χ1v) is 11.0. The Labute approximate surface area is 190 Å². The molecule has 0 saturated carbocycles. The van der Waals surface area contributed by atoms with Gasteiger partial charge < -0.3 is 14.8 Å². The normalized spacial score (nSPS) is 10.6. The van der Waals surface area contributed by atoms with E-state index in [4.69, 9.17) is 21.1 Å². The molecule has 0 heterocycles. The average molecular weight is 436 g/mol. The van der Waals surface area contributed by atoms with Gasteiger partial charge in [0.05, 0.1) is 6.61 Å². The largest absolute Gasteiger partial charge is 0.490 e. The molecular weight excluding hydrogens is 406 g/mol. The van der Waals surface area contributed by atoms with Crippen molar-refractivity contribution in [1.82, 2.24) is 0 Å². The van der Waals surface area contributed by atoms with Crippen molar-refractivity contribution >= 4 is 17.3 Å². The first-order chi connectivity index (χ1) is 15.0. The molecule has 0 amide bonds. The van der Waals surface area contributed by atoms with Crippen molar-refractivity contribution in [2.45, 2.75) is 40.3 Å². The first-order valence-electron chi connectivity index (χ1n) is 10.6. The molecular formula is C27H30ClNO2. The average Bonchev–Trinajstić information content (AvgIpc) is 2.75. The maximum atomic E-state index is 6.26. The Morgan fingerprint density at radius 3 is 2.42 bits per heavy atom. The number of ether oxygens (including phenoxy) is 2. The SMILES string of the molecule is C=CCc1cc(CNc2ccc(C)c(Cl)c2)cc(OCC)c1OCc1ccc(C)cc1. The van der Waals surface area contributed by atoms with Gasteiger partial charge in [-0.05, 0) is 68.1 Å². The molecule has 0 aliphatic rings. The molecule has 3 nitrogen and oxygen atoms in total. The summed E-state index contributed by atoms with van der Waals surface area (Å²) in [4.78, 5) is 0. The standard InChI is InChI=1S/C27H30ClNO2/c1-5-7-23-14-22(17-29-24-13-10-20(4)25(28)16-24)15-26(30-6-2)27(23)31-18-21-11-8-19(3)9-12-21/h5,8-16,29H,1,6-7,17-18H2,2-4H3. The van der Waals surface area contributed by atoms with E-state index >= 15 is 0 Å². The number of hydrogen-bond donors (Lipinski definition) is 1. The van der Waals surface area contributed by atoms with Crippen LogP contribution in [0.2, 0.25) is 5.02 Å². The van der Waals surface area contributed by atoms with Crippen LogP contribution in [0.4, 0.5) is 5.69 Å². The van der Waals surface area contributed by atoms with Crippen LogP contribution in [0.25, 0.3) is 0 Å². The maximum absolute atomic E-state index is 6.26. The van der Waals surface area contributed by atoms with Crippen LogP contribution in [-0.4, -0.2) is 6.61 Å². The summed E-state index contributed by atoms with van der Waals surface area (Å²) in [5.74, 6) is 1.54. The minimum Gasteiger partial charge on any atom is -0.490 e. The van der Waals surface area contributed by atoms with E-state index in [1.807, 2.05) is 44.2 Å². The van der Waals surface area contributed by atoms with E-state index in [1.165, 1.54) is 5.56 Å². The maximum Gasteiger partial charge on any atom is 0.165 e. The second-order valence-electron chi connectivity index (χ2n) is 7.60. The molecule has 4 heteroatoms. The zero-order chi connectivity index (χ0) is 22.2. The monoisotopic (exact) mass is 435 g/mol. The fourth-order valence-electron chi connectivity index (χ4n) is 3.31. The molecule has 3 rings (SSSR count). The van der Waals surface area contributed by atoms with E-state index in [2.05, 4.69) is 49.2 Å². The third-order valence-electron chi connectivity index (χ3n) is 5.03. The molecule has 0 aliphatic heterocycles. The van der Waals surface area contributed by atoms with Gasteiger partial charge in [0.25, 0.3) is 0 Å². The smallest absolute Gasteiger partial charge is 0.165 e. The van der Waals surface area contributed by atoms with Crippen LogP contribution in [0, 0.1) is 13.8 Å². The lowest BCUT2D eigenvalue weighted by molar-refractivity contribution is 0.267. The molecule has 31 heavy (non-hydrogen) atoms. The number of nitrogens with one attached hydrogen (secondary N) is 1. The van der Waals surface area contributed by atoms with Crippen LogP contribution in [0.15, 0.2) is 67.3 Å². The van der Waals surface area contributed by atoms with Crippen LogP contribution in [0.1, 0.15) is 34.7 Å². The fraction of sp³-hybridized carbons (Fsp3) is 0.259. The third-order valence-corrected chi connectivity index (χ3v) is 5.44. The Morgan fingerprint density at radius 2 is 1.74 bits per heavy atom. The Hall–Kier alpha value is -2.91. The van der Waals surface area contributed by atoms with Crippen LogP contribution < -0.4 is 14.8 Å². The Kier molecular flexibility index (Phi) is 8.02. The van der Waals surface area contributed by atoms with Crippen molar-refractivity contribution in [3.63, 3.8) is 0 Å². The van der Waals surface area contributed by atoms with E-state index < -0.39 is 0 Å². The van der Waals surface area contributed by atoms with E-state index in [9.17, 15) is 0 Å². The van der Waals surface area contributed by atoms with E-state index in [1.54, 1.807) is 0 Å². The summed E-state index contributed by atoms with van der Waals surface area (Å²) in [6.45, 7) is 11.7. The van der Waals surface area contributed by atoms with Crippen molar-refractivity contribution in [2.75, 3.05) is 11.9 Å². The van der Waals surface area contributed by atoms with Gasteiger partial charge in [0.1, 0.15) is 6.61 Å². The summed E-state index contributed by atoms with van der Waals surface area (Å²) >= 11 is 6.26. The summed E-state index contributed by atoms with van der Waals surface area (Å²) < 4.78 is 12.2. The van der Waals surface area contributed by atoms with E-state index in [0.717, 1.165) is 44.5 Å². The van der Waals surface area contributed by atoms with Crippen molar-refractivity contribution in [3.8, 4) is 11.5 Å². The van der Waals surface area contributed by atoms with Crippen molar-refractivity contribution in [1.29, 1.82) is 0 Å². The van der Waals surface area contributed by atoms with Crippen LogP contribution >= 0.6 is 11.6 Å². The van der Waals surface area contributed by atoms with Gasteiger partial charge in [0.15, 0.2) is 11.5 Å². The molecule has 3 aromatic rings. The quantitative estimate of drug-likeness (QED) is 0.339. The van der Waals surface area contributed by atoms with Crippen molar-refractivity contribution in [3.05, 3.63) is 100 Å². The number of halogens is 1. The molecule has 0 radical (unpaired) electrons. The molecule has 0 unspecified atom stereocenters. The molecule has 0 spiro atoms. The summed E-state index contributed by atoms with van der Waals surface area (Å²) in [5, 5.41) is 4.20. The summed E-state index contributed by atoms with van der Waals surface area (Å²) in [6, 6.07) is 18.6. The van der Waals surface area contributed by atoms with E-state index in [-0.39, 0.29) is 0 Å². The second-order valence-corrected chi connectivity index (χ2v) is 8.01. The fourth-order valence-corrected chi connectivity index (χ4v) is 3.49. The lowest BCUT2D eigenvalue weighted by atomic mass is 10.0. The number of rotatable bonds is 10. The lowest BCUT2D eigenvalue weighted by Gasteiger charge is -2.18. The van der Waals surface area contributed by atoms with Crippen LogP contribution in [0.3, 0.4) is 0 Å². The predicted octanol–water partition coefficient (Wildman–Crippen LogP) is 7.28. The number of hydrogen-bond acceptors (Lipinski definition) is 3. The van der Waals surface area contributed by atoms with Crippen molar-refractivity contribution < 1.29 is 9.47 Å². The van der Waals surface area contributed by atoms with Gasteiger partial charge in [-0.3, -0.25) is 0 Å². The number of anilines is 1. The Balaban J connectivity index is 1.82. The molecule has 1 N–H and O–H groups in total. The zero-order valence-corrected chi connectivity index (χ0v) is 19.3. The van der Waals surface area contributed by atoms with Crippen molar-refractivity contribution in [2.24, 2.45) is 0 Å². The molecule has 0 fully saturated rings. The number of aryl methyl sites for hydroxylation is 2. The minimum absolute atomic E-state index is 0.490. The van der Waals surface area contributed by atoms with E-state index in [0.29, 0.717) is 26.2 Å². The van der Waals surface area contributed by atoms with Gasteiger partial charge in [0, 0.05) is 22.8 Å². The highest BCUT2D eigenvalue weighted by Crippen LogP contribution is 2.35. The lowest BCUT2D eigenvalue weighted by Crippen LogP contribution is -2.06.